The third-order valence-electron chi connectivity index (χ3n) is 2.78. The molecular formula is C11H12Br2O. The number of fused-ring (bicyclic) bond motifs is 1. The predicted octanol–water partition coefficient (Wildman–Crippen LogP) is 3.89. The van der Waals surface area contributed by atoms with Crippen molar-refractivity contribution in [3.63, 3.8) is 0 Å². The van der Waals surface area contributed by atoms with Crippen molar-refractivity contribution in [2.24, 2.45) is 0 Å². The molecule has 3 heteroatoms. The van der Waals surface area contributed by atoms with Crippen molar-refractivity contribution < 1.29 is 5.11 Å². The third kappa shape index (κ3) is 1.66. The molecule has 0 saturated carbocycles. The molecule has 1 aliphatic rings. The summed E-state index contributed by atoms with van der Waals surface area (Å²) in [6.07, 6.45) is 2.71. The Bertz CT molecular complexity index is 374. The second-order valence-corrected chi connectivity index (χ2v) is 5.44. The smallest absolute Gasteiger partial charge is 0.0804 e. The highest BCUT2D eigenvalue weighted by atomic mass is 79.9. The van der Waals surface area contributed by atoms with Crippen LogP contribution in [0, 0.1) is 6.92 Å². The van der Waals surface area contributed by atoms with Gasteiger partial charge in [-0.15, -0.1) is 0 Å². The van der Waals surface area contributed by atoms with Crippen molar-refractivity contribution in [1.82, 2.24) is 0 Å². The number of benzene rings is 1. The van der Waals surface area contributed by atoms with Crippen LogP contribution in [0.2, 0.25) is 0 Å². The van der Waals surface area contributed by atoms with Gasteiger partial charge in [-0.05, 0) is 48.9 Å². The van der Waals surface area contributed by atoms with Crippen LogP contribution in [-0.2, 0) is 6.42 Å². The first kappa shape index (κ1) is 10.7. The molecule has 1 aliphatic carbocycles. The maximum atomic E-state index is 9.94. The summed E-state index contributed by atoms with van der Waals surface area (Å²) in [6.45, 7) is 2.05. The van der Waals surface area contributed by atoms with Crippen LogP contribution in [-0.4, -0.2) is 5.11 Å². The molecule has 0 amide bonds. The number of hydrogen-bond donors (Lipinski definition) is 1. The molecule has 1 atom stereocenters. The molecule has 0 saturated heterocycles. The van der Waals surface area contributed by atoms with Crippen molar-refractivity contribution in [2.75, 3.05) is 0 Å². The lowest BCUT2D eigenvalue weighted by Gasteiger charge is -2.24. The standard InChI is InChI=1S/C11H12Br2O/c1-6-5-8(12)7-3-2-4-9(14)10(7)11(6)13/h5,9,14H,2-4H2,1H3/t9-/m0/s1. The van der Waals surface area contributed by atoms with Crippen molar-refractivity contribution >= 4 is 31.9 Å². The summed E-state index contributed by atoms with van der Waals surface area (Å²) in [7, 11) is 0. The lowest BCUT2D eigenvalue weighted by atomic mass is 9.88. The average Bonchev–Trinajstić information content (AvgIpc) is 2.14. The fourth-order valence-corrected chi connectivity index (χ4v) is 3.41. The largest absolute Gasteiger partial charge is 0.388 e. The van der Waals surface area contributed by atoms with E-state index in [1.54, 1.807) is 0 Å². The summed E-state index contributed by atoms with van der Waals surface area (Å²) in [5.74, 6) is 0. The monoisotopic (exact) mass is 318 g/mol. The Balaban J connectivity index is 2.67. The second-order valence-electron chi connectivity index (χ2n) is 3.79. The minimum Gasteiger partial charge on any atom is -0.388 e. The van der Waals surface area contributed by atoms with Crippen molar-refractivity contribution in [3.05, 3.63) is 31.7 Å². The van der Waals surface area contributed by atoms with Crippen molar-refractivity contribution in [2.45, 2.75) is 32.3 Å². The maximum Gasteiger partial charge on any atom is 0.0804 e. The number of hydrogen-bond acceptors (Lipinski definition) is 1. The zero-order chi connectivity index (χ0) is 10.3. The molecule has 1 N–H and O–H groups in total. The number of aliphatic hydroxyl groups is 1. The molecular weight excluding hydrogens is 308 g/mol. The van der Waals surface area contributed by atoms with Gasteiger partial charge >= 0.3 is 0 Å². The Kier molecular flexibility index (Phi) is 3.01. The lowest BCUT2D eigenvalue weighted by Crippen LogP contribution is -2.11. The van der Waals surface area contributed by atoms with Crippen LogP contribution in [0.25, 0.3) is 0 Å². The summed E-state index contributed by atoms with van der Waals surface area (Å²) in [5, 5.41) is 9.94. The molecule has 0 unspecified atom stereocenters. The van der Waals surface area contributed by atoms with Crippen LogP contribution in [0.5, 0.6) is 0 Å². The van der Waals surface area contributed by atoms with Gasteiger partial charge in [0.2, 0.25) is 0 Å². The quantitative estimate of drug-likeness (QED) is 0.769. The highest BCUT2D eigenvalue weighted by molar-refractivity contribution is 9.11. The first-order valence-corrected chi connectivity index (χ1v) is 6.35. The Hall–Kier alpha value is 0.140. The van der Waals surface area contributed by atoms with Gasteiger partial charge in [-0.1, -0.05) is 31.9 Å². The Morgan fingerprint density at radius 1 is 1.43 bits per heavy atom. The van der Waals surface area contributed by atoms with E-state index in [4.69, 9.17) is 0 Å². The van der Waals surface area contributed by atoms with Gasteiger partial charge in [0.05, 0.1) is 6.10 Å². The van der Waals surface area contributed by atoms with Crippen LogP contribution in [0.1, 0.15) is 35.6 Å². The van der Waals surface area contributed by atoms with Gasteiger partial charge in [0.25, 0.3) is 0 Å². The zero-order valence-electron chi connectivity index (χ0n) is 7.98. The molecule has 14 heavy (non-hydrogen) atoms. The molecule has 0 heterocycles. The fraction of sp³-hybridized carbons (Fsp3) is 0.455. The Labute approximate surface area is 101 Å². The molecule has 1 aromatic rings. The SMILES string of the molecule is Cc1cc(Br)c2c(c1Br)[C@@H](O)CCC2. The van der Waals surface area contributed by atoms with Gasteiger partial charge in [-0.2, -0.15) is 0 Å². The molecule has 1 aromatic carbocycles. The number of rotatable bonds is 0. The highest BCUT2D eigenvalue weighted by Gasteiger charge is 2.23. The van der Waals surface area contributed by atoms with E-state index in [1.807, 2.05) is 0 Å². The molecule has 0 aliphatic heterocycles. The predicted molar refractivity (Wildman–Crippen MR) is 64.5 cm³/mol. The van der Waals surface area contributed by atoms with E-state index in [2.05, 4.69) is 44.8 Å². The molecule has 0 bridgehead atoms. The van der Waals surface area contributed by atoms with Crippen LogP contribution in [0.4, 0.5) is 0 Å². The molecule has 0 spiro atoms. The summed E-state index contributed by atoms with van der Waals surface area (Å²) >= 11 is 7.12. The highest BCUT2D eigenvalue weighted by Crippen LogP contribution is 2.40. The molecule has 0 fully saturated rings. The molecule has 2 rings (SSSR count). The Morgan fingerprint density at radius 3 is 2.86 bits per heavy atom. The molecule has 76 valence electrons. The van der Waals surface area contributed by atoms with Crippen LogP contribution in [0.3, 0.4) is 0 Å². The molecule has 0 aromatic heterocycles. The number of aryl methyl sites for hydroxylation is 1. The van der Waals surface area contributed by atoms with Gasteiger partial charge in [-0.3, -0.25) is 0 Å². The summed E-state index contributed by atoms with van der Waals surface area (Å²) in [5.41, 5.74) is 3.53. The molecule has 0 radical (unpaired) electrons. The van der Waals surface area contributed by atoms with Gasteiger partial charge in [0.15, 0.2) is 0 Å². The zero-order valence-corrected chi connectivity index (χ0v) is 11.2. The van der Waals surface area contributed by atoms with E-state index in [1.165, 1.54) is 11.1 Å². The number of aliphatic hydroxyl groups excluding tert-OH is 1. The Morgan fingerprint density at radius 2 is 2.14 bits per heavy atom. The number of halogens is 2. The second kappa shape index (κ2) is 3.95. The van der Waals surface area contributed by atoms with E-state index < -0.39 is 0 Å². The maximum absolute atomic E-state index is 9.94. The van der Waals surface area contributed by atoms with Gasteiger partial charge in [0, 0.05) is 8.95 Å². The van der Waals surface area contributed by atoms with E-state index in [0.717, 1.165) is 33.8 Å². The lowest BCUT2D eigenvalue weighted by molar-refractivity contribution is 0.155. The van der Waals surface area contributed by atoms with E-state index in [-0.39, 0.29) is 6.10 Å². The van der Waals surface area contributed by atoms with Crippen LogP contribution >= 0.6 is 31.9 Å². The minimum absolute atomic E-state index is 0.302. The topological polar surface area (TPSA) is 20.2 Å². The van der Waals surface area contributed by atoms with Gasteiger partial charge in [0.1, 0.15) is 0 Å². The first-order valence-electron chi connectivity index (χ1n) is 4.76. The van der Waals surface area contributed by atoms with E-state index in [0.29, 0.717) is 0 Å². The third-order valence-corrected chi connectivity index (χ3v) is 4.54. The summed E-state index contributed by atoms with van der Waals surface area (Å²) < 4.78 is 2.20. The minimum atomic E-state index is -0.302. The average molecular weight is 320 g/mol. The van der Waals surface area contributed by atoms with Crippen molar-refractivity contribution in [3.8, 4) is 0 Å². The molecule has 1 nitrogen and oxygen atoms in total. The van der Waals surface area contributed by atoms with Crippen LogP contribution < -0.4 is 0 Å². The van der Waals surface area contributed by atoms with Crippen molar-refractivity contribution in [1.29, 1.82) is 0 Å². The van der Waals surface area contributed by atoms with Gasteiger partial charge in [-0.25, -0.2) is 0 Å². The van der Waals surface area contributed by atoms with E-state index >= 15 is 0 Å². The summed E-state index contributed by atoms with van der Waals surface area (Å²) in [6, 6.07) is 2.11. The van der Waals surface area contributed by atoms with Gasteiger partial charge < -0.3 is 5.11 Å². The fourth-order valence-electron chi connectivity index (χ4n) is 2.03. The van der Waals surface area contributed by atoms with E-state index in [9.17, 15) is 5.11 Å². The summed E-state index contributed by atoms with van der Waals surface area (Å²) in [4.78, 5) is 0. The van der Waals surface area contributed by atoms with Crippen LogP contribution in [0.15, 0.2) is 15.0 Å². The normalized spacial score (nSPS) is 20.7. The first-order chi connectivity index (χ1) is 6.61.